The molecule has 1 aliphatic heterocycles. The maximum atomic E-state index is 9.99. The molecular formula is C13H18N2O. The molecule has 2 N–H and O–H groups in total. The van der Waals surface area contributed by atoms with Gasteiger partial charge in [-0.25, -0.2) is 0 Å². The van der Waals surface area contributed by atoms with Crippen LogP contribution in [0.3, 0.4) is 0 Å². The third-order valence-electron chi connectivity index (χ3n) is 2.85. The monoisotopic (exact) mass is 218 g/mol. The maximum Gasteiger partial charge on any atom is 0.125 e. The fraction of sp³-hybridized carbons (Fsp3) is 0.462. The lowest BCUT2D eigenvalue weighted by Crippen LogP contribution is -2.30. The van der Waals surface area contributed by atoms with Gasteiger partial charge in [0.1, 0.15) is 5.75 Å². The molecule has 0 aromatic heterocycles. The summed E-state index contributed by atoms with van der Waals surface area (Å²) < 4.78 is 0. The lowest BCUT2D eigenvalue weighted by Gasteiger charge is -2.16. The normalized spacial score (nSPS) is 18.1. The summed E-state index contributed by atoms with van der Waals surface area (Å²) in [6, 6.07) is 3.86. The average molecular weight is 218 g/mol. The summed E-state index contributed by atoms with van der Waals surface area (Å²) in [4.78, 5) is 0. The smallest absolute Gasteiger partial charge is 0.125 e. The molecule has 0 saturated heterocycles. The fourth-order valence-corrected chi connectivity index (χ4v) is 2.18. The van der Waals surface area contributed by atoms with Crippen molar-refractivity contribution in [2.24, 2.45) is 5.10 Å². The molecule has 1 heterocycles. The molecule has 16 heavy (non-hydrogen) atoms. The van der Waals surface area contributed by atoms with Crippen LogP contribution in [0.4, 0.5) is 0 Å². The summed E-state index contributed by atoms with van der Waals surface area (Å²) in [5.41, 5.74) is 7.05. The second-order valence-electron chi connectivity index (χ2n) is 5.21. The highest BCUT2D eigenvalue weighted by Crippen LogP contribution is 2.29. The summed E-state index contributed by atoms with van der Waals surface area (Å²) in [6.45, 7) is 8.19. The van der Waals surface area contributed by atoms with Crippen LogP contribution >= 0.6 is 0 Å². The Kier molecular flexibility index (Phi) is 2.41. The zero-order valence-corrected chi connectivity index (χ0v) is 10.3. The number of nitrogens with zero attached hydrogens (tertiary/aromatic N) is 1. The van der Waals surface area contributed by atoms with Gasteiger partial charge in [0.05, 0.1) is 11.3 Å². The second kappa shape index (κ2) is 3.51. The molecular weight excluding hydrogens is 200 g/mol. The van der Waals surface area contributed by atoms with Crippen molar-refractivity contribution < 1.29 is 5.11 Å². The van der Waals surface area contributed by atoms with Crippen LogP contribution in [0.2, 0.25) is 0 Å². The topological polar surface area (TPSA) is 44.6 Å². The van der Waals surface area contributed by atoms with Gasteiger partial charge in [0, 0.05) is 12.0 Å². The van der Waals surface area contributed by atoms with Gasteiger partial charge in [-0.05, 0) is 44.9 Å². The predicted molar refractivity (Wildman–Crippen MR) is 65.9 cm³/mol. The van der Waals surface area contributed by atoms with Crippen molar-refractivity contribution in [3.05, 3.63) is 28.8 Å². The first-order valence-electron chi connectivity index (χ1n) is 5.53. The van der Waals surface area contributed by atoms with E-state index in [-0.39, 0.29) is 5.54 Å². The molecule has 0 radical (unpaired) electrons. The van der Waals surface area contributed by atoms with E-state index in [1.165, 1.54) is 0 Å². The minimum Gasteiger partial charge on any atom is -0.507 e. The number of hydrogen-bond donors (Lipinski definition) is 2. The molecule has 2 rings (SSSR count). The quantitative estimate of drug-likeness (QED) is 0.760. The number of nitrogens with one attached hydrogen (secondary N) is 1. The Balaban J connectivity index is 2.43. The third-order valence-corrected chi connectivity index (χ3v) is 2.85. The molecule has 0 atom stereocenters. The van der Waals surface area contributed by atoms with E-state index in [0.717, 1.165) is 28.8 Å². The van der Waals surface area contributed by atoms with Gasteiger partial charge in [-0.15, -0.1) is 0 Å². The SMILES string of the molecule is Cc1cc(C)c(C2=NNC(C)(C)C2)c(O)c1. The van der Waals surface area contributed by atoms with Gasteiger partial charge in [0.25, 0.3) is 0 Å². The van der Waals surface area contributed by atoms with Crippen molar-refractivity contribution in [3.8, 4) is 5.75 Å². The Morgan fingerprint density at radius 3 is 2.50 bits per heavy atom. The number of phenols is 1. The molecule has 0 unspecified atom stereocenters. The van der Waals surface area contributed by atoms with Crippen LogP contribution in [-0.4, -0.2) is 16.4 Å². The molecule has 86 valence electrons. The van der Waals surface area contributed by atoms with Gasteiger partial charge >= 0.3 is 0 Å². The first kappa shape index (κ1) is 11.0. The molecule has 3 heteroatoms. The van der Waals surface area contributed by atoms with Crippen LogP contribution < -0.4 is 5.43 Å². The maximum absolute atomic E-state index is 9.99. The molecule has 1 aliphatic rings. The highest BCUT2D eigenvalue weighted by Gasteiger charge is 2.28. The summed E-state index contributed by atoms with van der Waals surface area (Å²) >= 11 is 0. The Morgan fingerprint density at radius 1 is 1.31 bits per heavy atom. The standard InChI is InChI=1S/C13H18N2O/c1-8-5-9(2)12(11(16)6-8)10-7-13(3,4)15-14-10/h5-6,15-16H,7H2,1-4H3. The predicted octanol–water partition coefficient (Wildman–Crippen LogP) is 2.49. The van der Waals surface area contributed by atoms with Gasteiger partial charge in [-0.3, -0.25) is 0 Å². The van der Waals surface area contributed by atoms with E-state index in [9.17, 15) is 5.11 Å². The molecule has 0 aliphatic carbocycles. The molecule has 0 amide bonds. The van der Waals surface area contributed by atoms with E-state index in [4.69, 9.17) is 0 Å². The third kappa shape index (κ3) is 1.90. The summed E-state index contributed by atoms with van der Waals surface area (Å²) in [7, 11) is 0. The van der Waals surface area contributed by atoms with E-state index in [0.29, 0.717) is 5.75 Å². The van der Waals surface area contributed by atoms with Gasteiger partial charge in [0.15, 0.2) is 0 Å². The van der Waals surface area contributed by atoms with E-state index >= 15 is 0 Å². The van der Waals surface area contributed by atoms with Crippen molar-refractivity contribution in [1.29, 1.82) is 0 Å². The minimum absolute atomic E-state index is 0.0148. The zero-order chi connectivity index (χ0) is 11.9. The number of aromatic hydroxyl groups is 1. The number of rotatable bonds is 1. The van der Waals surface area contributed by atoms with Crippen molar-refractivity contribution in [1.82, 2.24) is 5.43 Å². The molecule has 0 fully saturated rings. The summed E-state index contributed by atoms with van der Waals surface area (Å²) in [5.74, 6) is 0.329. The lowest BCUT2D eigenvalue weighted by atomic mass is 9.92. The highest BCUT2D eigenvalue weighted by atomic mass is 16.3. The summed E-state index contributed by atoms with van der Waals surface area (Å²) in [6.07, 6.45) is 0.838. The molecule has 1 aromatic rings. The average Bonchev–Trinajstić information content (AvgIpc) is 2.44. The number of aryl methyl sites for hydroxylation is 2. The van der Waals surface area contributed by atoms with Gasteiger partial charge in [0.2, 0.25) is 0 Å². The second-order valence-corrected chi connectivity index (χ2v) is 5.21. The fourth-order valence-electron chi connectivity index (χ4n) is 2.18. The lowest BCUT2D eigenvalue weighted by molar-refractivity contribution is 0.446. The Hall–Kier alpha value is -1.51. The first-order valence-corrected chi connectivity index (χ1v) is 5.53. The van der Waals surface area contributed by atoms with Crippen molar-refractivity contribution in [3.63, 3.8) is 0 Å². The van der Waals surface area contributed by atoms with Crippen LogP contribution in [0.5, 0.6) is 5.75 Å². The van der Waals surface area contributed by atoms with E-state index in [1.807, 2.05) is 13.8 Å². The van der Waals surface area contributed by atoms with Gasteiger partial charge < -0.3 is 10.5 Å². The van der Waals surface area contributed by atoms with Crippen LogP contribution in [0.1, 0.15) is 37.0 Å². The van der Waals surface area contributed by atoms with E-state index in [1.54, 1.807) is 6.07 Å². The van der Waals surface area contributed by atoms with Crippen molar-refractivity contribution in [2.75, 3.05) is 0 Å². The van der Waals surface area contributed by atoms with Crippen molar-refractivity contribution >= 4 is 5.71 Å². The number of phenolic OH excluding ortho intramolecular Hbond substituents is 1. The first-order chi connectivity index (χ1) is 7.39. The Labute approximate surface area is 96.2 Å². The van der Waals surface area contributed by atoms with Crippen LogP contribution in [-0.2, 0) is 0 Å². The van der Waals surface area contributed by atoms with Gasteiger partial charge in [-0.1, -0.05) is 6.07 Å². The molecule has 1 aromatic carbocycles. The van der Waals surface area contributed by atoms with E-state index in [2.05, 4.69) is 30.4 Å². The van der Waals surface area contributed by atoms with E-state index < -0.39 is 0 Å². The number of hydrogen-bond acceptors (Lipinski definition) is 3. The van der Waals surface area contributed by atoms with Crippen molar-refractivity contribution in [2.45, 2.75) is 39.7 Å². The van der Waals surface area contributed by atoms with Crippen LogP contribution in [0.25, 0.3) is 0 Å². The number of benzene rings is 1. The summed E-state index contributed by atoms with van der Waals surface area (Å²) in [5, 5.41) is 14.3. The number of hydrazone groups is 1. The Morgan fingerprint density at radius 2 is 2.00 bits per heavy atom. The molecule has 0 spiro atoms. The highest BCUT2D eigenvalue weighted by molar-refractivity contribution is 6.05. The minimum atomic E-state index is -0.0148. The molecule has 0 saturated carbocycles. The van der Waals surface area contributed by atoms with Crippen LogP contribution in [0, 0.1) is 13.8 Å². The largest absolute Gasteiger partial charge is 0.507 e. The van der Waals surface area contributed by atoms with Crippen LogP contribution in [0.15, 0.2) is 17.2 Å². The molecule has 3 nitrogen and oxygen atoms in total. The zero-order valence-electron chi connectivity index (χ0n) is 10.3. The van der Waals surface area contributed by atoms with Gasteiger partial charge in [-0.2, -0.15) is 5.10 Å². The molecule has 0 bridgehead atoms. The Bertz CT molecular complexity index is 438.